The van der Waals surface area contributed by atoms with Gasteiger partial charge in [0.2, 0.25) is 5.13 Å². The SMILES string of the molecule is COc1ccc(-c2nc(C(=O)Nc3nnc(SCc4cccs4)s3)cs2)cc1. The zero-order valence-electron chi connectivity index (χ0n) is 14.6. The molecule has 0 bridgehead atoms. The third kappa shape index (κ3) is 4.58. The van der Waals surface area contributed by atoms with Crippen LogP contribution >= 0.6 is 45.8 Å². The molecule has 3 heterocycles. The average molecular weight is 447 g/mol. The fourth-order valence-corrected chi connectivity index (χ4v) is 5.58. The number of nitrogens with zero attached hydrogens (tertiary/aromatic N) is 3. The van der Waals surface area contributed by atoms with Crippen LogP contribution in [0.1, 0.15) is 15.4 Å². The number of thiophene rings is 1. The molecule has 1 amide bonds. The van der Waals surface area contributed by atoms with Crippen molar-refractivity contribution in [1.82, 2.24) is 15.2 Å². The number of hydrogen-bond donors (Lipinski definition) is 1. The molecule has 0 spiro atoms. The molecule has 0 aliphatic heterocycles. The molecule has 0 fully saturated rings. The topological polar surface area (TPSA) is 77.0 Å². The fraction of sp³-hybridized carbons (Fsp3) is 0.111. The Morgan fingerprint density at radius 2 is 2.04 bits per heavy atom. The minimum atomic E-state index is -0.290. The number of aromatic nitrogens is 3. The van der Waals surface area contributed by atoms with Crippen molar-refractivity contribution in [1.29, 1.82) is 0 Å². The number of hydrogen-bond acceptors (Lipinski definition) is 9. The van der Waals surface area contributed by atoms with E-state index in [1.54, 1.807) is 35.6 Å². The Kier molecular flexibility index (Phi) is 6.01. The van der Waals surface area contributed by atoms with Crippen molar-refractivity contribution in [3.05, 3.63) is 57.7 Å². The summed E-state index contributed by atoms with van der Waals surface area (Å²) in [5.41, 5.74) is 1.30. The highest BCUT2D eigenvalue weighted by atomic mass is 32.2. The van der Waals surface area contributed by atoms with Crippen LogP contribution in [0.5, 0.6) is 5.75 Å². The molecule has 4 rings (SSSR count). The van der Waals surface area contributed by atoms with Gasteiger partial charge in [0.1, 0.15) is 16.5 Å². The summed E-state index contributed by atoms with van der Waals surface area (Å²) in [6, 6.07) is 11.7. The van der Waals surface area contributed by atoms with Gasteiger partial charge in [0.05, 0.1) is 7.11 Å². The van der Waals surface area contributed by atoms with Gasteiger partial charge >= 0.3 is 0 Å². The second-order valence-electron chi connectivity index (χ2n) is 5.46. The Balaban J connectivity index is 1.38. The maximum absolute atomic E-state index is 12.5. The molecule has 0 saturated heterocycles. The number of methoxy groups -OCH3 is 1. The molecule has 0 radical (unpaired) electrons. The summed E-state index contributed by atoms with van der Waals surface area (Å²) in [6.45, 7) is 0. The Bertz CT molecular complexity index is 1060. The number of anilines is 1. The summed E-state index contributed by atoms with van der Waals surface area (Å²) in [4.78, 5) is 18.2. The van der Waals surface area contributed by atoms with Crippen molar-refractivity contribution in [2.75, 3.05) is 12.4 Å². The number of amides is 1. The first kappa shape index (κ1) is 19.1. The van der Waals surface area contributed by atoms with Gasteiger partial charge in [0.15, 0.2) is 4.34 Å². The number of carbonyl (C=O) groups excluding carboxylic acids is 1. The Labute approximate surface area is 177 Å². The van der Waals surface area contributed by atoms with Crippen LogP contribution in [0.25, 0.3) is 10.6 Å². The molecule has 1 aromatic carbocycles. The first-order chi connectivity index (χ1) is 13.7. The number of benzene rings is 1. The summed E-state index contributed by atoms with van der Waals surface area (Å²) in [5.74, 6) is 1.33. The number of nitrogens with one attached hydrogen (secondary N) is 1. The van der Waals surface area contributed by atoms with E-state index in [-0.39, 0.29) is 5.91 Å². The maximum Gasteiger partial charge on any atom is 0.276 e. The number of rotatable bonds is 7. The van der Waals surface area contributed by atoms with Gasteiger partial charge in [0.25, 0.3) is 5.91 Å². The van der Waals surface area contributed by atoms with Crippen LogP contribution in [0.2, 0.25) is 0 Å². The van der Waals surface area contributed by atoms with Gasteiger partial charge < -0.3 is 4.74 Å². The molecule has 0 aliphatic rings. The second kappa shape index (κ2) is 8.82. The van der Waals surface area contributed by atoms with Gasteiger partial charge in [0, 0.05) is 21.6 Å². The summed E-state index contributed by atoms with van der Waals surface area (Å²) in [7, 11) is 1.63. The predicted octanol–water partition coefficient (Wildman–Crippen LogP) is 5.28. The number of thioether (sulfide) groups is 1. The molecule has 4 aromatic rings. The first-order valence-corrected chi connectivity index (χ1v) is 11.7. The van der Waals surface area contributed by atoms with Crippen LogP contribution < -0.4 is 10.1 Å². The van der Waals surface area contributed by atoms with Crippen LogP contribution in [0.4, 0.5) is 5.13 Å². The van der Waals surface area contributed by atoms with E-state index in [1.807, 2.05) is 30.3 Å². The van der Waals surface area contributed by atoms with Crippen LogP contribution in [-0.4, -0.2) is 28.2 Å². The van der Waals surface area contributed by atoms with Gasteiger partial charge in [-0.25, -0.2) is 4.98 Å². The van der Waals surface area contributed by atoms with Crippen LogP contribution in [-0.2, 0) is 5.75 Å². The van der Waals surface area contributed by atoms with Crippen molar-refractivity contribution in [2.45, 2.75) is 10.1 Å². The first-order valence-electron chi connectivity index (χ1n) is 8.11. The van der Waals surface area contributed by atoms with E-state index in [4.69, 9.17) is 4.74 Å². The number of carbonyl (C=O) groups is 1. The predicted molar refractivity (Wildman–Crippen MR) is 116 cm³/mol. The zero-order valence-corrected chi connectivity index (χ0v) is 17.9. The van der Waals surface area contributed by atoms with Crippen LogP contribution in [0.15, 0.2) is 51.5 Å². The van der Waals surface area contributed by atoms with E-state index >= 15 is 0 Å². The lowest BCUT2D eigenvalue weighted by Gasteiger charge is -2.00. The molecule has 0 saturated carbocycles. The van der Waals surface area contributed by atoms with E-state index < -0.39 is 0 Å². The summed E-state index contributed by atoms with van der Waals surface area (Å²) < 4.78 is 5.98. The summed E-state index contributed by atoms with van der Waals surface area (Å²) >= 11 is 6.10. The smallest absolute Gasteiger partial charge is 0.276 e. The summed E-state index contributed by atoms with van der Waals surface area (Å²) in [6.07, 6.45) is 0. The minimum absolute atomic E-state index is 0.290. The largest absolute Gasteiger partial charge is 0.497 e. The Morgan fingerprint density at radius 1 is 1.18 bits per heavy atom. The van der Waals surface area contributed by atoms with Crippen molar-refractivity contribution in [3.8, 4) is 16.3 Å². The molecule has 0 atom stereocenters. The second-order valence-corrected chi connectivity index (χ2v) is 9.55. The van der Waals surface area contributed by atoms with Gasteiger partial charge in [-0.05, 0) is 35.7 Å². The van der Waals surface area contributed by atoms with Gasteiger partial charge in [-0.2, -0.15) is 0 Å². The molecule has 1 N–H and O–H groups in total. The van der Waals surface area contributed by atoms with E-state index in [0.29, 0.717) is 10.8 Å². The Morgan fingerprint density at radius 3 is 2.79 bits per heavy atom. The van der Waals surface area contributed by atoms with Crippen molar-refractivity contribution >= 4 is 56.8 Å². The molecule has 0 aliphatic carbocycles. The van der Waals surface area contributed by atoms with Crippen LogP contribution in [0, 0.1) is 0 Å². The normalized spacial score (nSPS) is 10.8. The van der Waals surface area contributed by atoms with Gasteiger partial charge in [-0.15, -0.1) is 32.9 Å². The third-order valence-corrected chi connectivity index (χ3v) is 7.59. The highest BCUT2D eigenvalue weighted by molar-refractivity contribution is 8.00. The quantitative estimate of drug-likeness (QED) is 0.308. The highest BCUT2D eigenvalue weighted by Crippen LogP contribution is 2.30. The van der Waals surface area contributed by atoms with E-state index in [9.17, 15) is 4.79 Å². The average Bonchev–Trinajstić information content (AvgIpc) is 3.48. The standard InChI is InChI=1S/C18H14N4O2S4/c1-24-12-6-4-11(5-7-12)16-19-14(10-26-16)15(23)20-17-21-22-18(28-17)27-9-13-3-2-8-25-13/h2-8,10H,9H2,1H3,(H,20,21,23). The molecule has 3 aromatic heterocycles. The molecule has 28 heavy (non-hydrogen) atoms. The van der Waals surface area contributed by atoms with Crippen LogP contribution in [0.3, 0.4) is 0 Å². The van der Waals surface area contributed by atoms with Crippen molar-refractivity contribution in [2.24, 2.45) is 0 Å². The van der Waals surface area contributed by atoms with E-state index in [1.165, 1.54) is 27.6 Å². The fourth-order valence-electron chi connectivity index (χ4n) is 2.25. The lowest BCUT2D eigenvalue weighted by molar-refractivity contribution is 0.102. The number of ether oxygens (including phenoxy) is 1. The molecular formula is C18H14N4O2S4. The molecule has 142 valence electrons. The van der Waals surface area contributed by atoms with Crippen molar-refractivity contribution in [3.63, 3.8) is 0 Å². The zero-order chi connectivity index (χ0) is 19.3. The third-order valence-electron chi connectivity index (χ3n) is 3.62. The van der Waals surface area contributed by atoms with E-state index in [2.05, 4.69) is 31.9 Å². The lowest BCUT2D eigenvalue weighted by atomic mass is 10.2. The van der Waals surface area contributed by atoms with Gasteiger partial charge in [-0.1, -0.05) is 29.2 Å². The molecule has 0 unspecified atom stereocenters. The minimum Gasteiger partial charge on any atom is -0.497 e. The molecule has 6 nitrogen and oxygen atoms in total. The summed E-state index contributed by atoms with van der Waals surface area (Å²) in [5, 5.41) is 16.0. The monoisotopic (exact) mass is 446 g/mol. The number of thiazole rings is 1. The highest BCUT2D eigenvalue weighted by Gasteiger charge is 2.15. The molecular weight excluding hydrogens is 432 g/mol. The lowest BCUT2D eigenvalue weighted by Crippen LogP contribution is -2.12. The maximum atomic E-state index is 12.5. The van der Waals surface area contributed by atoms with Crippen molar-refractivity contribution < 1.29 is 9.53 Å². The molecule has 10 heteroatoms. The van der Waals surface area contributed by atoms with Gasteiger partial charge in [-0.3, -0.25) is 10.1 Å². The van der Waals surface area contributed by atoms with E-state index in [0.717, 1.165) is 26.4 Å². The Hall–Kier alpha value is -2.27.